The average Bonchev–Trinajstić information content (AvgIpc) is 4.03. The van der Waals surface area contributed by atoms with E-state index in [1.807, 2.05) is 54.6 Å². The van der Waals surface area contributed by atoms with Crippen molar-refractivity contribution in [1.82, 2.24) is 35.1 Å². The molecule has 0 saturated carbocycles. The fourth-order valence-electron chi connectivity index (χ4n) is 7.22. The molecule has 2 saturated heterocycles. The number of hydrogen-bond acceptors (Lipinski definition) is 7. The molecule has 55 heavy (non-hydrogen) atoms. The normalized spacial score (nSPS) is 17.6. The van der Waals surface area contributed by atoms with Gasteiger partial charge in [0.2, 0.25) is 5.91 Å². The van der Waals surface area contributed by atoms with Gasteiger partial charge in [-0.3, -0.25) is 9.69 Å². The van der Waals surface area contributed by atoms with Gasteiger partial charge in [0.1, 0.15) is 24.3 Å². The van der Waals surface area contributed by atoms with Crippen LogP contribution in [0, 0.1) is 0 Å². The number of nitrogens with zero attached hydrogens (tertiary/aromatic N) is 4. The van der Waals surface area contributed by atoms with Crippen molar-refractivity contribution in [3.05, 3.63) is 108 Å². The zero-order valence-corrected chi connectivity index (χ0v) is 30.2. The third kappa shape index (κ3) is 8.05. The van der Waals surface area contributed by atoms with Gasteiger partial charge in [-0.2, -0.15) is 13.2 Å². The van der Waals surface area contributed by atoms with Gasteiger partial charge in [-0.05, 0) is 54.9 Å². The first-order valence-corrected chi connectivity index (χ1v) is 18.1. The molecule has 5 aromatic rings. The number of benzene rings is 3. The van der Waals surface area contributed by atoms with Crippen molar-refractivity contribution in [3.63, 3.8) is 0 Å². The van der Waals surface area contributed by atoms with Crippen LogP contribution in [0.25, 0.3) is 33.6 Å². The number of rotatable bonds is 9. The molecule has 0 bridgehead atoms. The number of nitrogens with one attached hydrogen (secondary N) is 3. The largest absolute Gasteiger partial charge is 0.453 e. The number of aromatic amines is 2. The van der Waals surface area contributed by atoms with E-state index < -0.39 is 36.0 Å². The average molecular weight is 756 g/mol. The number of hydrogen-bond donors (Lipinski definition) is 3. The number of amides is 3. The zero-order chi connectivity index (χ0) is 38.7. The summed E-state index contributed by atoms with van der Waals surface area (Å²) in [6.07, 6.45) is -1.59. The zero-order valence-electron chi connectivity index (χ0n) is 30.2. The summed E-state index contributed by atoms with van der Waals surface area (Å²) < 4.78 is 53.1. The molecule has 15 heteroatoms. The van der Waals surface area contributed by atoms with E-state index in [1.165, 1.54) is 18.9 Å². The molecule has 286 valence electrons. The Morgan fingerprint density at radius 2 is 1.44 bits per heavy atom. The van der Waals surface area contributed by atoms with Gasteiger partial charge in [0.15, 0.2) is 5.69 Å². The quantitative estimate of drug-likeness (QED) is 0.138. The lowest BCUT2D eigenvalue weighted by Crippen LogP contribution is -2.46. The second-order valence-electron chi connectivity index (χ2n) is 13.6. The monoisotopic (exact) mass is 755 g/mol. The van der Waals surface area contributed by atoms with Crippen LogP contribution < -0.4 is 5.32 Å². The molecule has 4 heterocycles. The third-order valence-corrected chi connectivity index (χ3v) is 10.0. The highest BCUT2D eigenvalue weighted by Gasteiger charge is 2.41. The first-order chi connectivity index (χ1) is 26.5. The molecule has 0 unspecified atom stereocenters. The lowest BCUT2D eigenvalue weighted by molar-refractivity contribution is -0.140. The first kappa shape index (κ1) is 37.2. The van der Waals surface area contributed by atoms with Crippen LogP contribution in [0.5, 0.6) is 0 Å². The Kier molecular flexibility index (Phi) is 10.6. The molecule has 3 amide bonds. The standard InChI is InChI=1S/C40H40F3N7O5/c1-24(45-38(52)54-2)37(51)49-20-6-11-32(49)36-47-33(34(48-36)40(41,42)43)29-18-14-27(15-19-29)26-12-16-28(17-13-26)30-22-44-35(46-30)31-10-7-21-50(31)39(53)55-23-25-8-4-3-5-9-25/h3-5,8-9,12-19,22,24,31-32H,6-7,10-11,20-21,23H2,1-2H3,(H,44,46)(H,45,52)(H,47,48)/t24-,31-,32-/m0/s1. The number of methoxy groups -OCH3 is 1. The molecule has 2 aromatic heterocycles. The lowest BCUT2D eigenvalue weighted by Gasteiger charge is -2.26. The fraction of sp³-hybridized carbons (Fsp3) is 0.325. The molecule has 0 aliphatic carbocycles. The van der Waals surface area contributed by atoms with Crippen LogP contribution in [0.2, 0.25) is 0 Å². The summed E-state index contributed by atoms with van der Waals surface area (Å²) in [5.74, 6) is 0.269. The van der Waals surface area contributed by atoms with E-state index in [1.54, 1.807) is 35.4 Å². The summed E-state index contributed by atoms with van der Waals surface area (Å²) in [5.41, 5.74) is 3.27. The predicted octanol–water partition coefficient (Wildman–Crippen LogP) is 8.03. The van der Waals surface area contributed by atoms with Crippen LogP contribution in [0.1, 0.15) is 67.6 Å². The molecule has 3 aromatic carbocycles. The van der Waals surface area contributed by atoms with Crippen LogP contribution in [0.3, 0.4) is 0 Å². The molecular formula is C40H40F3N7O5. The van der Waals surface area contributed by atoms with Crippen LogP contribution in [0.15, 0.2) is 85.1 Å². The number of likely N-dealkylation sites (tertiary alicyclic amines) is 2. The second-order valence-corrected chi connectivity index (χ2v) is 13.6. The van der Waals surface area contributed by atoms with Crippen molar-refractivity contribution in [2.45, 2.75) is 63.5 Å². The second kappa shape index (κ2) is 15.7. The molecule has 2 aliphatic heterocycles. The van der Waals surface area contributed by atoms with Crippen LogP contribution >= 0.6 is 0 Å². The Balaban J connectivity index is 1.04. The van der Waals surface area contributed by atoms with Crippen molar-refractivity contribution in [3.8, 4) is 33.6 Å². The van der Waals surface area contributed by atoms with Gasteiger partial charge >= 0.3 is 18.4 Å². The summed E-state index contributed by atoms with van der Waals surface area (Å²) in [6, 6.07) is 22.1. The maximum absolute atomic E-state index is 14.3. The number of H-pyrrole nitrogens is 2. The van der Waals surface area contributed by atoms with Gasteiger partial charge < -0.3 is 29.7 Å². The fourth-order valence-corrected chi connectivity index (χ4v) is 7.22. The highest BCUT2D eigenvalue weighted by atomic mass is 19.4. The van der Waals surface area contributed by atoms with Crippen molar-refractivity contribution >= 4 is 18.1 Å². The Morgan fingerprint density at radius 3 is 2.07 bits per heavy atom. The number of imidazole rings is 2. The van der Waals surface area contributed by atoms with E-state index >= 15 is 0 Å². The SMILES string of the molecule is COC(=O)N[C@@H](C)C(=O)N1CCC[C@H]1c1nc(C(F)(F)F)c(-c2ccc(-c3ccc(-c4cnc([C@@H]5CCCN5C(=O)OCc5ccccc5)[nH]4)cc3)cc2)[nH]1. The molecule has 0 radical (unpaired) electrons. The van der Waals surface area contributed by atoms with E-state index in [0.29, 0.717) is 31.8 Å². The number of ether oxygens (including phenoxy) is 2. The van der Waals surface area contributed by atoms with Gasteiger partial charge in [-0.15, -0.1) is 0 Å². The van der Waals surface area contributed by atoms with Crippen LogP contribution in [-0.2, 0) is 27.1 Å². The molecule has 2 fully saturated rings. The van der Waals surface area contributed by atoms with Crippen LogP contribution in [0.4, 0.5) is 22.8 Å². The lowest BCUT2D eigenvalue weighted by atomic mass is 10.0. The van der Waals surface area contributed by atoms with E-state index in [0.717, 1.165) is 40.8 Å². The van der Waals surface area contributed by atoms with Crippen molar-refractivity contribution in [2.75, 3.05) is 20.2 Å². The molecule has 3 N–H and O–H groups in total. The number of carbonyl (C=O) groups is 3. The Morgan fingerprint density at radius 1 is 0.836 bits per heavy atom. The Labute approximate surface area is 315 Å². The summed E-state index contributed by atoms with van der Waals surface area (Å²) in [5, 5.41) is 2.42. The molecular weight excluding hydrogens is 715 g/mol. The minimum Gasteiger partial charge on any atom is -0.453 e. The third-order valence-electron chi connectivity index (χ3n) is 10.0. The van der Waals surface area contributed by atoms with E-state index in [4.69, 9.17) is 4.74 Å². The highest BCUT2D eigenvalue weighted by Crippen LogP contribution is 2.40. The van der Waals surface area contributed by atoms with Crippen molar-refractivity contribution in [2.24, 2.45) is 0 Å². The molecule has 3 atom stereocenters. The van der Waals surface area contributed by atoms with E-state index in [-0.39, 0.29) is 35.8 Å². The number of alkyl halides is 3. The number of aromatic nitrogens is 4. The molecule has 12 nitrogen and oxygen atoms in total. The van der Waals surface area contributed by atoms with Crippen LogP contribution in [-0.4, -0.2) is 74.1 Å². The smallest absolute Gasteiger partial charge is 0.435 e. The maximum atomic E-state index is 14.3. The first-order valence-electron chi connectivity index (χ1n) is 18.1. The van der Waals surface area contributed by atoms with E-state index in [2.05, 4.69) is 30.0 Å². The summed E-state index contributed by atoms with van der Waals surface area (Å²) in [4.78, 5) is 55.7. The number of halogens is 3. The molecule has 7 rings (SSSR count). The summed E-state index contributed by atoms with van der Waals surface area (Å²) >= 11 is 0. The molecule has 0 spiro atoms. The van der Waals surface area contributed by atoms with Crippen molar-refractivity contribution < 1.29 is 37.0 Å². The molecule has 2 aliphatic rings. The Bertz CT molecular complexity index is 2130. The van der Waals surface area contributed by atoms with Gasteiger partial charge in [0.05, 0.1) is 36.8 Å². The minimum absolute atomic E-state index is 0.0312. The minimum atomic E-state index is -4.75. The maximum Gasteiger partial charge on any atom is 0.435 e. The Hall–Kier alpha value is -6.12. The van der Waals surface area contributed by atoms with Gasteiger partial charge in [0.25, 0.3) is 0 Å². The van der Waals surface area contributed by atoms with Gasteiger partial charge in [0, 0.05) is 18.7 Å². The topological polar surface area (TPSA) is 146 Å². The predicted molar refractivity (Wildman–Crippen MR) is 196 cm³/mol. The highest BCUT2D eigenvalue weighted by molar-refractivity contribution is 5.86. The summed E-state index contributed by atoms with van der Waals surface area (Å²) in [6.45, 7) is 2.58. The van der Waals surface area contributed by atoms with E-state index in [9.17, 15) is 27.6 Å². The van der Waals surface area contributed by atoms with Gasteiger partial charge in [-0.25, -0.2) is 19.6 Å². The summed E-state index contributed by atoms with van der Waals surface area (Å²) in [7, 11) is 1.18. The van der Waals surface area contributed by atoms with Crippen molar-refractivity contribution in [1.29, 1.82) is 0 Å². The van der Waals surface area contributed by atoms with Gasteiger partial charge in [-0.1, -0.05) is 78.9 Å². The number of carbonyl (C=O) groups excluding carboxylic acids is 3. The number of alkyl carbamates (subject to hydrolysis) is 1.